The Morgan fingerprint density at radius 1 is 1.50 bits per heavy atom. The molecule has 0 spiro atoms. The molecule has 1 fully saturated rings. The number of thioether (sulfide) groups is 1. The molecule has 2 heterocycles. The minimum atomic E-state index is -0.509. The van der Waals surface area contributed by atoms with E-state index in [0.717, 1.165) is 12.8 Å². The number of H-pyrrole nitrogens is 1. The Bertz CT molecular complexity index is 830. The van der Waals surface area contributed by atoms with Crippen LogP contribution in [0, 0.1) is 10.1 Å². The fourth-order valence-electron chi connectivity index (χ4n) is 2.90. The van der Waals surface area contributed by atoms with Crippen molar-refractivity contribution in [3.63, 3.8) is 0 Å². The van der Waals surface area contributed by atoms with E-state index >= 15 is 0 Å². The number of likely N-dealkylation sites (tertiary alicyclic amines) is 1. The molecule has 0 unspecified atom stereocenters. The molecular formula is C17H22N4O4S. The predicted octanol–water partition coefficient (Wildman–Crippen LogP) is 3.96. The fourth-order valence-corrected chi connectivity index (χ4v) is 3.94. The molecule has 1 N–H and O–H groups in total. The Balaban J connectivity index is 1.65. The van der Waals surface area contributed by atoms with Gasteiger partial charge in [-0.15, -0.1) is 0 Å². The van der Waals surface area contributed by atoms with Gasteiger partial charge in [0.05, 0.1) is 16.0 Å². The van der Waals surface area contributed by atoms with Gasteiger partial charge in [0.1, 0.15) is 5.60 Å². The summed E-state index contributed by atoms with van der Waals surface area (Å²) in [6.45, 7) is 6.28. The van der Waals surface area contributed by atoms with E-state index in [2.05, 4.69) is 9.97 Å². The topological polar surface area (TPSA) is 101 Å². The van der Waals surface area contributed by atoms with Gasteiger partial charge in [-0.3, -0.25) is 10.1 Å². The molecule has 1 amide bonds. The Morgan fingerprint density at radius 3 is 2.96 bits per heavy atom. The van der Waals surface area contributed by atoms with Gasteiger partial charge in [0, 0.05) is 30.5 Å². The second kappa shape index (κ2) is 7.14. The van der Waals surface area contributed by atoms with E-state index in [1.54, 1.807) is 11.0 Å². The third kappa shape index (κ3) is 4.27. The molecule has 1 saturated heterocycles. The summed E-state index contributed by atoms with van der Waals surface area (Å²) in [5.41, 5.74) is 0.848. The lowest BCUT2D eigenvalue weighted by atomic mass is 10.2. The van der Waals surface area contributed by atoms with Crippen LogP contribution < -0.4 is 0 Å². The average Bonchev–Trinajstić information content (AvgIpc) is 3.16. The van der Waals surface area contributed by atoms with E-state index in [1.165, 1.54) is 23.9 Å². The standard InChI is InChI=1S/C17H22N4O4S/c1-17(2,3)25-16(22)20-8-4-5-12(20)10-26-15-18-13-7-6-11(21(23)24)9-14(13)19-15/h6-7,9,12H,4-5,8,10H2,1-3H3,(H,18,19)/t12-/m1/s1. The number of rotatable bonds is 4. The van der Waals surface area contributed by atoms with Crippen LogP contribution in [0.2, 0.25) is 0 Å². The molecular weight excluding hydrogens is 356 g/mol. The minimum absolute atomic E-state index is 0.0320. The Hall–Kier alpha value is -2.29. The van der Waals surface area contributed by atoms with E-state index in [1.807, 2.05) is 20.8 Å². The number of carbonyl (C=O) groups is 1. The van der Waals surface area contributed by atoms with Crippen molar-refractivity contribution < 1.29 is 14.5 Å². The van der Waals surface area contributed by atoms with Crippen LogP contribution in [0.5, 0.6) is 0 Å². The molecule has 3 rings (SSSR count). The number of aromatic amines is 1. The zero-order chi connectivity index (χ0) is 18.9. The smallest absolute Gasteiger partial charge is 0.410 e. The maximum atomic E-state index is 12.3. The number of benzene rings is 1. The Morgan fingerprint density at radius 2 is 2.27 bits per heavy atom. The number of aromatic nitrogens is 2. The zero-order valence-electron chi connectivity index (χ0n) is 15.0. The summed E-state index contributed by atoms with van der Waals surface area (Å²) in [5.74, 6) is 0.696. The fraction of sp³-hybridized carbons (Fsp3) is 0.529. The first-order chi connectivity index (χ1) is 12.2. The maximum absolute atomic E-state index is 12.3. The highest BCUT2D eigenvalue weighted by Gasteiger charge is 2.32. The number of nitro benzene ring substituents is 1. The van der Waals surface area contributed by atoms with Gasteiger partial charge in [-0.25, -0.2) is 9.78 Å². The highest BCUT2D eigenvalue weighted by atomic mass is 32.2. The monoisotopic (exact) mass is 378 g/mol. The largest absolute Gasteiger partial charge is 0.444 e. The lowest BCUT2D eigenvalue weighted by molar-refractivity contribution is -0.384. The number of hydrogen-bond donors (Lipinski definition) is 1. The van der Waals surface area contributed by atoms with Gasteiger partial charge in [-0.05, 0) is 39.7 Å². The van der Waals surface area contributed by atoms with Crippen LogP contribution in [-0.2, 0) is 4.74 Å². The molecule has 26 heavy (non-hydrogen) atoms. The molecule has 1 aromatic heterocycles. The molecule has 1 aliphatic rings. The summed E-state index contributed by atoms with van der Waals surface area (Å²) in [6, 6.07) is 4.65. The molecule has 8 nitrogen and oxygen atoms in total. The molecule has 0 aliphatic carbocycles. The number of fused-ring (bicyclic) bond motifs is 1. The van der Waals surface area contributed by atoms with Gasteiger partial charge >= 0.3 is 6.09 Å². The minimum Gasteiger partial charge on any atom is -0.444 e. The van der Waals surface area contributed by atoms with Crippen LogP contribution in [-0.4, -0.2) is 49.8 Å². The quantitative estimate of drug-likeness (QED) is 0.491. The Kier molecular flexibility index (Phi) is 5.08. The molecule has 140 valence electrons. The van der Waals surface area contributed by atoms with Crippen LogP contribution in [0.25, 0.3) is 11.0 Å². The van der Waals surface area contributed by atoms with Crippen molar-refractivity contribution in [3.05, 3.63) is 28.3 Å². The molecule has 9 heteroatoms. The van der Waals surface area contributed by atoms with Gasteiger partial charge in [-0.2, -0.15) is 0 Å². The SMILES string of the molecule is CC(C)(C)OC(=O)N1CCC[C@@H]1CSc1nc2ccc([N+](=O)[O-])cc2[nH]1. The first-order valence-electron chi connectivity index (χ1n) is 8.49. The first-order valence-corrected chi connectivity index (χ1v) is 9.48. The van der Waals surface area contributed by atoms with Crippen molar-refractivity contribution in [2.75, 3.05) is 12.3 Å². The molecule has 0 bridgehead atoms. The summed E-state index contributed by atoms with van der Waals surface area (Å²) in [7, 11) is 0. The molecule has 0 radical (unpaired) electrons. The highest BCUT2D eigenvalue weighted by molar-refractivity contribution is 7.99. The van der Waals surface area contributed by atoms with Crippen molar-refractivity contribution in [3.8, 4) is 0 Å². The lowest BCUT2D eigenvalue weighted by Gasteiger charge is -2.28. The van der Waals surface area contributed by atoms with E-state index in [4.69, 9.17) is 4.74 Å². The second-order valence-corrected chi connectivity index (χ2v) is 8.29. The van der Waals surface area contributed by atoms with Crippen molar-refractivity contribution >= 4 is 34.6 Å². The van der Waals surface area contributed by atoms with Crippen LogP contribution in [0.4, 0.5) is 10.5 Å². The number of nitro groups is 1. The number of nitrogens with one attached hydrogen (secondary N) is 1. The van der Waals surface area contributed by atoms with Crippen molar-refractivity contribution in [1.82, 2.24) is 14.9 Å². The number of imidazole rings is 1. The molecule has 1 atom stereocenters. The van der Waals surface area contributed by atoms with E-state index in [0.29, 0.717) is 28.5 Å². The van der Waals surface area contributed by atoms with Crippen molar-refractivity contribution in [1.29, 1.82) is 0 Å². The van der Waals surface area contributed by atoms with Crippen LogP contribution in [0.1, 0.15) is 33.6 Å². The predicted molar refractivity (Wildman–Crippen MR) is 99.4 cm³/mol. The number of hydrogen-bond acceptors (Lipinski definition) is 6. The average molecular weight is 378 g/mol. The number of non-ortho nitro benzene ring substituents is 1. The van der Waals surface area contributed by atoms with Crippen LogP contribution >= 0.6 is 11.8 Å². The third-order valence-electron chi connectivity index (χ3n) is 4.07. The van der Waals surface area contributed by atoms with Crippen molar-refractivity contribution in [2.24, 2.45) is 0 Å². The zero-order valence-corrected chi connectivity index (χ0v) is 15.8. The molecule has 2 aromatic rings. The van der Waals surface area contributed by atoms with Crippen LogP contribution in [0.3, 0.4) is 0 Å². The molecule has 1 aliphatic heterocycles. The van der Waals surface area contributed by atoms with Gasteiger partial charge in [-0.1, -0.05) is 11.8 Å². The first kappa shape index (κ1) is 18.5. The summed E-state index contributed by atoms with van der Waals surface area (Å²) in [6.07, 6.45) is 1.61. The summed E-state index contributed by atoms with van der Waals surface area (Å²) >= 11 is 1.51. The van der Waals surface area contributed by atoms with Crippen LogP contribution in [0.15, 0.2) is 23.4 Å². The normalized spacial score (nSPS) is 17.7. The number of amides is 1. The van der Waals surface area contributed by atoms with Crippen molar-refractivity contribution in [2.45, 2.75) is 50.4 Å². The third-order valence-corrected chi connectivity index (χ3v) is 5.09. The summed E-state index contributed by atoms with van der Waals surface area (Å²) in [5, 5.41) is 11.6. The number of nitrogens with zero attached hydrogens (tertiary/aromatic N) is 3. The van der Waals surface area contributed by atoms with Gasteiger partial charge < -0.3 is 14.6 Å². The number of ether oxygens (including phenoxy) is 1. The van der Waals surface area contributed by atoms with Gasteiger partial charge in [0.15, 0.2) is 5.16 Å². The maximum Gasteiger partial charge on any atom is 0.410 e. The number of carbonyl (C=O) groups excluding carboxylic acids is 1. The summed E-state index contributed by atoms with van der Waals surface area (Å²) in [4.78, 5) is 32.1. The second-order valence-electron chi connectivity index (χ2n) is 7.28. The highest BCUT2D eigenvalue weighted by Crippen LogP contribution is 2.28. The van der Waals surface area contributed by atoms with E-state index < -0.39 is 10.5 Å². The summed E-state index contributed by atoms with van der Waals surface area (Å²) < 4.78 is 5.48. The molecule has 0 saturated carbocycles. The molecule has 1 aromatic carbocycles. The lowest BCUT2D eigenvalue weighted by Crippen LogP contribution is -2.40. The van der Waals surface area contributed by atoms with Gasteiger partial charge in [0.2, 0.25) is 0 Å². The Labute approximate surface area is 155 Å². The van der Waals surface area contributed by atoms with E-state index in [9.17, 15) is 14.9 Å². The van der Waals surface area contributed by atoms with Gasteiger partial charge in [0.25, 0.3) is 5.69 Å². The van der Waals surface area contributed by atoms with E-state index in [-0.39, 0.29) is 17.8 Å².